The molecule has 0 aliphatic carbocycles. The van der Waals surface area contributed by atoms with Gasteiger partial charge in [0, 0.05) is 42.6 Å². The second-order valence-electron chi connectivity index (χ2n) is 18.0. The van der Waals surface area contributed by atoms with Crippen LogP contribution in [0.4, 0.5) is 0 Å². The molecule has 0 aromatic carbocycles. The van der Waals surface area contributed by atoms with E-state index >= 15 is 0 Å². The van der Waals surface area contributed by atoms with Crippen LogP contribution in [0.2, 0.25) is 69.5 Å². The summed E-state index contributed by atoms with van der Waals surface area (Å²) in [6, 6.07) is 2.24. The highest BCUT2D eigenvalue weighted by molar-refractivity contribution is 6.76. The normalized spacial score (nSPS) is 24.1. The minimum Gasteiger partial charge on any atom is -0.417 e. The van der Waals surface area contributed by atoms with E-state index in [1.165, 1.54) is 0 Å². The quantitative estimate of drug-likeness (QED) is 0.0429. The van der Waals surface area contributed by atoms with Crippen LogP contribution in [-0.4, -0.2) is 106 Å². The summed E-state index contributed by atoms with van der Waals surface area (Å²) in [5.41, 5.74) is 0. The van der Waals surface area contributed by atoms with Gasteiger partial charge < -0.3 is 38.0 Å². The van der Waals surface area contributed by atoms with Crippen LogP contribution in [0.3, 0.4) is 0 Å². The molecular formula is C38H76O8Si3. The average Bonchev–Trinajstić information content (AvgIpc) is 3.67. The number of allylic oxidation sites excluding steroid dienone is 2. The fourth-order valence-corrected chi connectivity index (χ4v) is 8.13. The molecule has 8 nitrogen and oxygen atoms in total. The summed E-state index contributed by atoms with van der Waals surface area (Å²) in [6.45, 7) is 28.6. The SMILES string of the molecule is CC(C)(C)[Si](C)(C)OCCC/C=C/[C@@H](OCOCC[Si](C)(C)C)[C@H]1CC[C@H]([C@H]2CC[C@H]([C@@H](/C=C/CCCO)OCOCC[Si](C)(C)C)O2)O1. The van der Waals surface area contributed by atoms with E-state index in [0.717, 1.165) is 83.3 Å². The van der Waals surface area contributed by atoms with Gasteiger partial charge in [-0.15, -0.1) is 0 Å². The molecule has 11 heteroatoms. The molecule has 0 aromatic rings. The van der Waals surface area contributed by atoms with Crippen LogP contribution in [0.25, 0.3) is 0 Å². The fraction of sp³-hybridized carbons (Fsp3) is 0.895. The summed E-state index contributed by atoms with van der Waals surface area (Å²) in [7, 11) is -4.04. The van der Waals surface area contributed by atoms with Gasteiger partial charge in [0.15, 0.2) is 8.32 Å². The highest BCUT2D eigenvalue weighted by Gasteiger charge is 2.41. The first-order valence-electron chi connectivity index (χ1n) is 19.2. The van der Waals surface area contributed by atoms with Gasteiger partial charge >= 0.3 is 0 Å². The predicted octanol–water partition coefficient (Wildman–Crippen LogP) is 9.16. The summed E-state index contributed by atoms with van der Waals surface area (Å²) >= 11 is 0. The van der Waals surface area contributed by atoms with E-state index in [2.05, 4.69) is 97.5 Å². The molecule has 49 heavy (non-hydrogen) atoms. The number of ether oxygens (including phenoxy) is 6. The Morgan fingerprint density at radius 1 is 0.673 bits per heavy atom. The molecule has 6 atom stereocenters. The van der Waals surface area contributed by atoms with Gasteiger partial charge in [-0.25, -0.2) is 0 Å². The lowest BCUT2D eigenvalue weighted by Crippen LogP contribution is -2.40. The van der Waals surface area contributed by atoms with Crippen LogP contribution in [0.15, 0.2) is 24.3 Å². The molecular weight excluding hydrogens is 669 g/mol. The Bertz CT molecular complexity index is 941. The summed E-state index contributed by atoms with van der Waals surface area (Å²) in [5.74, 6) is 0. The topological polar surface area (TPSA) is 84.8 Å². The van der Waals surface area contributed by atoms with Crippen molar-refractivity contribution in [3.05, 3.63) is 24.3 Å². The second-order valence-corrected chi connectivity index (χ2v) is 34.0. The molecule has 2 aliphatic heterocycles. The molecule has 0 unspecified atom stereocenters. The molecule has 0 radical (unpaired) electrons. The summed E-state index contributed by atoms with van der Waals surface area (Å²) in [5, 5.41) is 9.44. The third kappa shape index (κ3) is 18.9. The summed E-state index contributed by atoms with van der Waals surface area (Å²) < 4.78 is 44.0. The van der Waals surface area contributed by atoms with E-state index in [9.17, 15) is 5.11 Å². The molecule has 1 N–H and O–H groups in total. The maximum absolute atomic E-state index is 9.22. The van der Waals surface area contributed by atoms with Crippen LogP contribution in [0.5, 0.6) is 0 Å². The Morgan fingerprint density at radius 3 is 1.53 bits per heavy atom. The van der Waals surface area contributed by atoms with Crippen molar-refractivity contribution in [1.82, 2.24) is 0 Å². The number of hydrogen-bond donors (Lipinski definition) is 1. The molecule has 0 amide bonds. The zero-order valence-electron chi connectivity index (χ0n) is 33.4. The lowest BCUT2D eigenvalue weighted by atomic mass is 10.0. The Labute approximate surface area is 304 Å². The predicted molar refractivity (Wildman–Crippen MR) is 210 cm³/mol. The van der Waals surface area contributed by atoms with Gasteiger partial charge in [0.05, 0.1) is 24.4 Å². The van der Waals surface area contributed by atoms with E-state index < -0.39 is 24.5 Å². The number of rotatable bonds is 25. The molecule has 0 aromatic heterocycles. The van der Waals surface area contributed by atoms with Gasteiger partial charge in [-0.3, -0.25) is 0 Å². The van der Waals surface area contributed by atoms with Gasteiger partial charge in [-0.1, -0.05) is 84.4 Å². The van der Waals surface area contributed by atoms with E-state index in [4.69, 9.17) is 32.8 Å². The fourth-order valence-electron chi connectivity index (χ4n) is 5.53. The lowest BCUT2D eigenvalue weighted by Gasteiger charge is -2.36. The van der Waals surface area contributed by atoms with Crippen molar-refractivity contribution in [3.63, 3.8) is 0 Å². The number of aliphatic hydroxyl groups is 1. The molecule has 2 heterocycles. The zero-order valence-corrected chi connectivity index (χ0v) is 36.4. The largest absolute Gasteiger partial charge is 0.417 e. The third-order valence-electron chi connectivity index (χ3n) is 9.96. The molecule has 0 spiro atoms. The molecule has 0 saturated carbocycles. The second kappa shape index (κ2) is 22.1. The van der Waals surface area contributed by atoms with E-state index in [0.29, 0.717) is 0 Å². The molecule has 2 saturated heterocycles. The maximum Gasteiger partial charge on any atom is 0.191 e. The van der Waals surface area contributed by atoms with Crippen LogP contribution in [-0.2, 0) is 32.8 Å². The molecule has 2 fully saturated rings. The van der Waals surface area contributed by atoms with Crippen LogP contribution < -0.4 is 0 Å². The average molecular weight is 745 g/mol. The zero-order chi connectivity index (χ0) is 36.6. The van der Waals surface area contributed by atoms with Crippen LogP contribution >= 0.6 is 0 Å². The van der Waals surface area contributed by atoms with Crippen LogP contribution in [0, 0.1) is 0 Å². The molecule has 0 bridgehead atoms. The highest BCUT2D eigenvalue weighted by Crippen LogP contribution is 2.37. The molecule has 2 aliphatic rings. The summed E-state index contributed by atoms with van der Waals surface area (Å²) in [4.78, 5) is 0. The van der Waals surface area contributed by atoms with Crippen molar-refractivity contribution < 1.29 is 38.0 Å². The number of unbranched alkanes of at least 4 members (excludes halogenated alkanes) is 2. The first kappa shape index (κ1) is 45.0. The monoisotopic (exact) mass is 744 g/mol. The maximum atomic E-state index is 9.22. The van der Waals surface area contributed by atoms with Crippen molar-refractivity contribution in [1.29, 1.82) is 0 Å². The molecule has 2 rings (SSSR count). The van der Waals surface area contributed by atoms with Gasteiger partial charge in [0.25, 0.3) is 0 Å². The summed E-state index contributed by atoms with van der Waals surface area (Å²) in [6.07, 6.45) is 15.5. The van der Waals surface area contributed by atoms with Crippen molar-refractivity contribution in [2.75, 3.05) is 40.0 Å². The van der Waals surface area contributed by atoms with Gasteiger partial charge in [0.1, 0.15) is 25.8 Å². The van der Waals surface area contributed by atoms with Gasteiger partial charge in [-0.2, -0.15) is 0 Å². The smallest absolute Gasteiger partial charge is 0.191 e. The standard InChI is InChI=1S/C38H76O8Si3/c1-38(2,3)49(10,11)44-25-17-13-15-19-33(43-31-41-27-29-48(7,8)9)35-21-23-37(46-35)36-22-20-34(45-36)32(18-14-12-16-24-39)42-30-40-26-28-47(4,5)6/h14-15,18-19,32-37,39H,12-13,16-17,20-31H2,1-11H3/b18-14+,19-15+/t32-,33-,34-,35-,36-,37-/m1/s1. The Hall–Kier alpha value is -0.189. The number of hydrogen-bond acceptors (Lipinski definition) is 8. The number of aliphatic hydroxyl groups excluding tert-OH is 1. The van der Waals surface area contributed by atoms with Crippen molar-refractivity contribution in [3.8, 4) is 0 Å². The lowest BCUT2D eigenvalue weighted by molar-refractivity contribution is -0.146. The Morgan fingerprint density at radius 2 is 1.12 bits per heavy atom. The first-order valence-corrected chi connectivity index (χ1v) is 29.5. The third-order valence-corrected chi connectivity index (χ3v) is 17.9. The van der Waals surface area contributed by atoms with E-state index in [1.807, 2.05) is 0 Å². The van der Waals surface area contributed by atoms with Crippen molar-refractivity contribution in [2.45, 2.75) is 178 Å². The minimum atomic E-state index is -1.73. The van der Waals surface area contributed by atoms with E-state index in [-0.39, 0.29) is 61.9 Å². The van der Waals surface area contributed by atoms with Crippen molar-refractivity contribution >= 4 is 24.5 Å². The van der Waals surface area contributed by atoms with Gasteiger partial charge in [-0.05, 0) is 81.6 Å². The first-order chi connectivity index (χ1) is 22.9. The Kier molecular flexibility index (Phi) is 20.3. The van der Waals surface area contributed by atoms with Gasteiger partial charge in [0.2, 0.25) is 0 Å². The Balaban J connectivity index is 1.94. The van der Waals surface area contributed by atoms with Crippen molar-refractivity contribution in [2.24, 2.45) is 0 Å². The van der Waals surface area contributed by atoms with Crippen LogP contribution in [0.1, 0.15) is 72.1 Å². The highest BCUT2D eigenvalue weighted by atomic mass is 28.4. The van der Waals surface area contributed by atoms with E-state index in [1.54, 1.807) is 0 Å². The molecule has 288 valence electrons. The minimum absolute atomic E-state index is 0.0295.